The van der Waals surface area contributed by atoms with Crippen LogP contribution in [-0.4, -0.2) is 35.2 Å². The first-order chi connectivity index (χ1) is 21.3. The first kappa shape index (κ1) is 29.7. The van der Waals surface area contributed by atoms with E-state index in [1.54, 1.807) is 36.4 Å². The van der Waals surface area contributed by atoms with Gasteiger partial charge < -0.3 is 14.2 Å². The zero-order chi connectivity index (χ0) is 31.1. The summed E-state index contributed by atoms with van der Waals surface area (Å²) in [6.07, 6.45) is 1.47. The summed E-state index contributed by atoms with van der Waals surface area (Å²) in [6.45, 7) is 3.93. The maximum atomic E-state index is 13.4. The lowest BCUT2D eigenvalue weighted by molar-refractivity contribution is -0.385. The van der Waals surface area contributed by atoms with Gasteiger partial charge in [0.25, 0.3) is 5.91 Å². The molecule has 0 saturated heterocycles. The molecule has 1 heterocycles. The lowest BCUT2D eigenvalue weighted by Crippen LogP contribution is -2.18. The molecule has 222 valence electrons. The van der Waals surface area contributed by atoms with Gasteiger partial charge in [0.15, 0.2) is 5.75 Å². The van der Waals surface area contributed by atoms with Gasteiger partial charge in [0.2, 0.25) is 0 Å². The number of hydrazone groups is 1. The quantitative estimate of drug-likeness (QED) is 0.100. The van der Waals surface area contributed by atoms with Gasteiger partial charge in [0, 0.05) is 22.6 Å². The fourth-order valence-electron chi connectivity index (χ4n) is 4.64. The maximum absolute atomic E-state index is 13.4. The van der Waals surface area contributed by atoms with Gasteiger partial charge in [-0.2, -0.15) is 5.10 Å². The van der Waals surface area contributed by atoms with Crippen molar-refractivity contribution in [1.29, 1.82) is 0 Å². The number of para-hydroxylation sites is 4. The van der Waals surface area contributed by atoms with Gasteiger partial charge in [-0.1, -0.05) is 42.5 Å². The average Bonchev–Trinajstić information content (AvgIpc) is 3.03. The molecule has 1 aromatic heterocycles. The molecule has 10 nitrogen and oxygen atoms in total. The minimum atomic E-state index is -0.495. The molecule has 0 saturated carbocycles. The van der Waals surface area contributed by atoms with Crippen molar-refractivity contribution in [1.82, 2.24) is 10.4 Å². The molecule has 0 spiro atoms. The van der Waals surface area contributed by atoms with E-state index in [1.807, 2.05) is 62.4 Å². The van der Waals surface area contributed by atoms with Crippen LogP contribution in [0.2, 0.25) is 0 Å². The van der Waals surface area contributed by atoms with Gasteiger partial charge in [0.05, 0.1) is 41.1 Å². The smallest absolute Gasteiger partial charge is 0.310 e. The van der Waals surface area contributed by atoms with Crippen LogP contribution >= 0.6 is 0 Å². The molecule has 44 heavy (non-hydrogen) atoms. The molecule has 0 aliphatic heterocycles. The highest BCUT2D eigenvalue weighted by Crippen LogP contribution is 2.32. The molecule has 0 bridgehead atoms. The lowest BCUT2D eigenvalue weighted by Gasteiger charge is -2.15. The molecule has 1 amide bonds. The van der Waals surface area contributed by atoms with Crippen LogP contribution in [0.3, 0.4) is 0 Å². The second kappa shape index (κ2) is 13.5. The molecule has 4 aromatic carbocycles. The van der Waals surface area contributed by atoms with Crippen LogP contribution in [0.5, 0.6) is 17.2 Å². The van der Waals surface area contributed by atoms with Crippen LogP contribution in [0.25, 0.3) is 22.2 Å². The van der Waals surface area contributed by atoms with E-state index in [2.05, 4.69) is 10.5 Å². The normalized spacial score (nSPS) is 11.1. The third kappa shape index (κ3) is 6.81. The molecule has 0 radical (unpaired) electrons. The number of nitro groups is 1. The number of nitrogens with one attached hydrogen (secondary N) is 1. The Morgan fingerprint density at radius 3 is 2.45 bits per heavy atom. The predicted molar refractivity (Wildman–Crippen MR) is 168 cm³/mol. The molecular formula is C34H30N4O6. The van der Waals surface area contributed by atoms with Crippen molar-refractivity contribution >= 4 is 28.7 Å². The molecule has 5 aromatic rings. The fraction of sp³-hybridized carbons (Fsp3) is 0.147. The Morgan fingerprint density at radius 1 is 0.955 bits per heavy atom. The minimum absolute atomic E-state index is 0.0237. The van der Waals surface area contributed by atoms with Crippen LogP contribution in [-0.2, 0) is 6.61 Å². The highest BCUT2D eigenvalue weighted by atomic mass is 16.6. The van der Waals surface area contributed by atoms with E-state index >= 15 is 0 Å². The van der Waals surface area contributed by atoms with Crippen LogP contribution < -0.4 is 19.6 Å². The zero-order valence-electron chi connectivity index (χ0n) is 24.4. The third-order valence-corrected chi connectivity index (χ3v) is 6.62. The van der Waals surface area contributed by atoms with Crippen LogP contribution in [0.1, 0.15) is 35.3 Å². The standard InChI is InChI=1S/C34H30N4O6/c1-22(2)44-32-14-8-5-11-26(32)29-19-27(25-10-4-6-12-28(25)36-29)34(39)37-35-20-23-16-17-31(42-3)24(18-23)21-43-33-15-9-7-13-30(33)38(40)41/h4-20,22H,21H2,1-3H3,(H,37,39)/b35-20+. The number of methoxy groups -OCH3 is 1. The van der Waals surface area contributed by atoms with Crippen molar-refractivity contribution in [2.75, 3.05) is 7.11 Å². The number of carbonyl (C=O) groups excluding carboxylic acids is 1. The van der Waals surface area contributed by atoms with E-state index in [0.717, 1.165) is 5.56 Å². The van der Waals surface area contributed by atoms with Gasteiger partial charge in [-0.15, -0.1) is 0 Å². The summed E-state index contributed by atoms with van der Waals surface area (Å²) in [7, 11) is 1.53. The van der Waals surface area contributed by atoms with Gasteiger partial charge in [-0.25, -0.2) is 10.4 Å². The number of hydrogen-bond acceptors (Lipinski definition) is 8. The number of pyridine rings is 1. The SMILES string of the molecule is COc1ccc(/C=N/NC(=O)c2cc(-c3ccccc3OC(C)C)nc3ccccc23)cc1COc1ccccc1[N+](=O)[O-]. The Hall–Kier alpha value is -5.77. The van der Waals surface area contributed by atoms with E-state index in [1.165, 1.54) is 25.5 Å². The van der Waals surface area contributed by atoms with Crippen molar-refractivity contribution in [2.24, 2.45) is 5.10 Å². The molecule has 1 N–H and O–H groups in total. The first-order valence-corrected chi connectivity index (χ1v) is 13.9. The molecular weight excluding hydrogens is 560 g/mol. The van der Waals surface area contributed by atoms with E-state index in [-0.39, 0.29) is 24.1 Å². The van der Waals surface area contributed by atoms with Crippen molar-refractivity contribution in [2.45, 2.75) is 26.6 Å². The number of carbonyl (C=O) groups is 1. The summed E-state index contributed by atoms with van der Waals surface area (Å²) in [5, 5.41) is 16.2. The summed E-state index contributed by atoms with van der Waals surface area (Å²) in [5.74, 6) is 0.961. The summed E-state index contributed by atoms with van der Waals surface area (Å²) >= 11 is 0. The van der Waals surface area contributed by atoms with E-state index in [4.69, 9.17) is 19.2 Å². The second-order valence-electron chi connectivity index (χ2n) is 10.0. The highest BCUT2D eigenvalue weighted by Gasteiger charge is 2.17. The topological polar surface area (TPSA) is 125 Å². The Balaban J connectivity index is 1.38. The van der Waals surface area contributed by atoms with Gasteiger partial charge >= 0.3 is 5.69 Å². The number of amides is 1. The van der Waals surface area contributed by atoms with Gasteiger partial charge in [-0.3, -0.25) is 14.9 Å². The molecule has 5 rings (SSSR count). The van der Waals surface area contributed by atoms with Crippen LogP contribution in [0.4, 0.5) is 5.69 Å². The first-order valence-electron chi connectivity index (χ1n) is 13.9. The monoisotopic (exact) mass is 590 g/mol. The summed E-state index contributed by atoms with van der Waals surface area (Å²) in [6, 6.07) is 28.2. The van der Waals surface area contributed by atoms with Crippen molar-refractivity contribution in [3.63, 3.8) is 0 Å². The van der Waals surface area contributed by atoms with Gasteiger partial charge in [-0.05, 0) is 67.9 Å². The number of ether oxygens (including phenoxy) is 3. The number of benzene rings is 4. The summed E-state index contributed by atoms with van der Waals surface area (Å²) < 4.78 is 17.2. The molecule has 0 atom stereocenters. The predicted octanol–water partition coefficient (Wildman–Crippen LogP) is 6.95. The van der Waals surface area contributed by atoms with Crippen molar-refractivity contribution < 1.29 is 23.9 Å². The molecule has 0 aliphatic carbocycles. The van der Waals surface area contributed by atoms with E-state index in [9.17, 15) is 14.9 Å². The molecule has 0 aliphatic rings. The maximum Gasteiger partial charge on any atom is 0.310 e. The van der Waals surface area contributed by atoms with Gasteiger partial charge in [0.1, 0.15) is 18.1 Å². The summed E-state index contributed by atoms with van der Waals surface area (Å²) in [5.41, 5.74) is 6.26. The fourth-order valence-corrected chi connectivity index (χ4v) is 4.64. The lowest BCUT2D eigenvalue weighted by atomic mass is 10.0. The largest absolute Gasteiger partial charge is 0.496 e. The average molecular weight is 591 g/mol. The second-order valence-corrected chi connectivity index (χ2v) is 10.0. The molecule has 0 fully saturated rings. The number of nitro benzene ring substituents is 1. The molecule has 0 unspecified atom stereocenters. The zero-order valence-corrected chi connectivity index (χ0v) is 24.4. The van der Waals surface area contributed by atoms with E-state index < -0.39 is 10.8 Å². The Labute approximate surface area is 254 Å². The number of aromatic nitrogens is 1. The number of nitrogens with zero attached hydrogens (tertiary/aromatic N) is 3. The van der Waals surface area contributed by atoms with Crippen molar-refractivity contribution in [3.05, 3.63) is 124 Å². The number of hydrogen-bond donors (Lipinski definition) is 1. The Bertz CT molecular complexity index is 1850. The van der Waals surface area contributed by atoms with Crippen LogP contribution in [0, 0.1) is 10.1 Å². The number of fused-ring (bicyclic) bond motifs is 1. The van der Waals surface area contributed by atoms with Crippen molar-refractivity contribution in [3.8, 4) is 28.5 Å². The highest BCUT2D eigenvalue weighted by molar-refractivity contribution is 6.07. The van der Waals surface area contributed by atoms with E-state index in [0.29, 0.717) is 44.8 Å². The Morgan fingerprint density at radius 2 is 1.68 bits per heavy atom. The Kier molecular flexibility index (Phi) is 9.10. The number of rotatable bonds is 11. The van der Waals surface area contributed by atoms with Crippen LogP contribution in [0.15, 0.2) is 102 Å². The minimum Gasteiger partial charge on any atom is -0.496 e. The summed E-state index contributed by atoms with van der Waals surface area (Å²) in [4.78, 5) is 29.1. The molecule has 10 heteroatoms. The third-order valence-electron chi connectivity index (χ3n) is 6.62.